The Hall–Kier alpha value is -2.90. The van der Waals surface area contributed by atoms with Crippen molar-refractivity contribution < 1.29 is 19.1 Å². The Bertz CT molecular complexity index is 821. The molecular weight excluding hydrogens is 406 g/mol. The van der Waals surface area contributed by atoms with Crippen molar-refractivity contribution in [2.75, 3.05) is 51.3 Å². The Morgan fingerprint density at radius 2 is 1.66 bits per heavy atom. The Morgan fingerprint density at radius 3 is 2.41 bits per heavy atom. The number of morpholine rings is 1. The van der Waals surface area contributed by atoms with Gasteiger partial charge < -0.3 is 20.1 Å². The molecule has 7 nitrogen and oxygen atoms in total. The maximum absolute atomic E-state index is 12.1. The van der Waals surface area contributed by atoms with Gasteiger partial charge in [-0.2, -0.15) is 0 Å². The molecule has 2 N–H and O–H groups in total. The van der Waals surface area contributed by atoms with Gasteiger partial charge in [-0.1, -0.05) is 30.3 Å². The second kappa shape index (κ2) is 13.5. The molecule has 0 saturated carbocycles. The maximum Gasteiger partial charge on any atom is 0.224 e. The number of rotatable bonds is 12. The van der Waals surface area contributed by atoms with Crippen LogP contribution in [0, 0.1) is 0 Å². The van der Waals surface area contributed by atoms with Crippen molar-refractivity contribution >= 4 is 17.5 Å². The number of nitrogens with zero attached hydrogens (tertiary/aromatic N) is 1. The zero-order chi connectivity index (χ0) is 22.4. The molecule has 2 amide bonds. The van der Waals surface area contributed by atoms with Gasteiger partial charge in [-0.3, -0.25) is 14.5 Å². The summed E-state index contributed by atoms with van der Waals surface area (Å²) in [6.45, 7) is 5.65. The predicted octanol–water partition coefficient (Wildman–Crippen LogP) is 2.87. The van der Waals surface area contributed by atoms with Crippen molar-refractivity contribution in [3.8, 4) is 5.75 Å². The molecule has 2 aromatic carbocycles. The largest absolute Gasteiger partial charge is 0.493 e. The molecule has 0 bridgehead atoms. The van der Waals surface area contributed by atoms with Gasteiger partial charge in [0.25, 0.3) is 0 Å². The number of hydrogen-bond acceptors (Lipinski definition) is 5. The lowest BCUT2D eigenvalue weighted by Crippen LogP contribution is -2.38. The second-order valence-electron chi connectivity index (χ2n) is 7.81. The predicted molar refractivity (Wildman–Crippen MR) is 125 cm³/mol. The van der Waals surface area contributed by atoms with E-state index in [1.165, 1.54) is 5.56 Å². The summed E-state index contributed by atoms with van der Waals surface area (Å²) in [5.74, 6) is 0.492. The summed E-state index contributed by atoms with van der Waals surface area (Å²) in [6.07, 6.45) is 2.08. The van der Waals surface area contributed by atoms with E-state index in [0.29, 0.717) is 18.8 Å². The van der Waals surface area contributed by atoms with Crippen LogP contribution in [0.5, 0.6) is 5.75 Å². The molecule has 0 atom stereocenters. The molecule has 3 rings (SSSR count). The summed E-state index contributed by atoms with van der Waals surface area (Å²) >= 11 is 0. The van der Waals surface area contributed by atoms with Crippen LogP contribution in [0.15, 0.2) is 54.6 Å². The van der Waals surface area contributed by atoms with E-state index in [2.05, 4.69) is 27.7 Å². The third-order valence-electron chi connectivity index (χ3n) is 5.30. The van der Waals surface area contributed by atoms with Gasteiger partial charge in [0.1, 0.15) is 5.75 Å². The molecule has 1 aliphatic heterocycles. The second-order valence-corrected chi connectivity index (χ2v) is 7.81. The number of carbonyl (C=O) groups excluding carboxylic acids is 2. The van der Waals surface area contributed by atoms with Gasteiger partial charge in [-0.25, -0.2) is 0 Å². The number of ether oxygens (including phenoxy) is 2. The first kappa shape index (κ1) is 23.8. The molecule has 1 heterocycles. The highest BCUT2D eigenvalue weighted by molar-refractivity contribution is 5.93. The zero-order valence-corrected chi connectivity index (χ0v) is 18.6. The van der Waals surface area contributed by atoms with Crippen molar-refractivity contribution in [1.82, 2.24) is 10.2 Å². The van der Waals surface area contributed by atoms with E-state index in [4.69, 9.17) is 9.47 Å². The summed E-state index contributed by atoms with van der Waals surface area (Å²) < 4.78 is 11.1. The number of hydrogen-bond donors (Lipinski definition) is 2. The van der Waals surface area contributed by atoms with Crippen LogP contribution >= 0.6 is 0 Å². The molecule has 1 saturated heterocycles. The van der Waals surface area contributed by atoms with E-state index >= 15 is 0 Å². The minimum absolute atomic E-state index is 0.0932. The van der Waals surface area contributed by atoms with E-state index in [0.717, 1.165) is 51.4 Å². The van der Waals surface area contributed by atoms with Gasteiger partial charge in [0.05, 0.1) is 19.8 Å². The number of carbonyl (C=O) groups is 2. The minimum atomic E-state index is -0.175. The molecule has 1 aliphatic rings. The molecular formula is C25H33N3O4. The van der Waals surface area contributed by atoms with Crippen molar-refractivity contribution in [2.45, 2.75) is 25.7 Å². The van der Waals surface area contributed by atoms with Gasteiger partial charge in [-0.05, 0) is 42.8 Å². The van der Waals surface area contributed by atoms with Crippen molar-refractivity contribution in [1.29, 1.82) is 0 Å². The van der Waals surface area contributed by atoms with Crippen LogP contribution in [-0.4, -0.2) is 62.7 Å². The van der Waals surface area contributed by atoms with Crippen LogP contribution in [0.2, 0.25) is 0 Å². The van der Waals surface area contributed by atoms with Gasteiger partial charge in [0, 0.05) is 44.6 Å². The molecule has 32 heavy (non-hydrogen) atoms. The van der Waals surface area contributed by atoms with Crippen molar-refractivity contribution in [2.24, 2.45) is 0 Å². The van der Waals surface area contributed by atoms with Crippen LogP contribution in [0.4, 0.5) is 5.69 Å². The maximum atomic E-state index is 12.1. The lowest BCUT2D eigenvalue weighted by Gasteiger charge is -2.26. The van der Waals surface area contributed by atoms with Gasteiger partial charge in [-0.15, -0.1) is 0 Å². The van der Waals surface area contributed by atoms with E-state index in [1.807, 2.05) is 42.5 Å². The van der Waals surface area contributed by atoms with E-state index < -0.39 is 0 Å². The van der Waals surface area contributed by atoms with E-state index in [9.17, 15) is 9.59 Å². The van der Waals surface area contributed by atoms with Crippen LogP contribution in [0.25, 0.3) is 0 Å². The molecule has 0 aliphatic carbocycles. The number of amides is 2. The van der Waals surface area contributed by atoms with Crippen molar-refractivity contribution in [3.63, 3.8) is 0 Å². The number of anilines is 1. The minimum Gasteiger partial charge on any atom is -0.493 e. The molecule has 0 unspecified atom stereocenters. The van der Waals surface area contributed by atoms with Gasteiger partial charge >= 0.3 is 0 Å². The lowest BCUT2D eigenvalue weighted by atomic mass is 10.2. The average molecular weight is 440 g/mol. The highest BCUT2D eigenvalue weighted by Gasteiger charge is 2.10. The summed E-state index contributed by atoms with van der Waals surface area (Å²) in [5, 5.41) is 5.71. The van der Waals surface area contributed by atoms with Crippen LogP contribution in [0.1, 0.15) is 24.8 Å². The molecule has 1 fully saturated rings. The standard InChI is InChI=1S/C25H33N3O4/c29-24(26-14-4-15-28-16-19-31-20-17-28)11-12-25(30)27-22-7-9-23(10-8-22)32-18-13-21-5-2-1-3-6-21/h1-3,5-10H,4,11-20H2,(H,26,29)(H,27,30). The van der Waals surface area contributed by atoms with Crippen molar-refractivity contribution in [3.05, 3.63) is 60.2 Å². The Labute approximate surface area is 190 Å². The number of benzene rings is 2. The molecule has 7 heteroatoms. The molecule has 0 radical (unpaired) electrons. The Balaban J connectivity index is 1.26. The first-order valence-corrected chi connectivity index (χ1v) is 11.3. The fraction of sp³-hybridized carbons (Fsp3) is 0.440. The fourth-order valence-corrected chi connectivity index (χ4v) is 3.46. The highest BCUT2D eigenvalue weighted by atomic mass is 16.5. The quantitative estimate of drug-likeness (QED) is 0.497. The van der Waals surface area contributed by atoms with Gasteiger partial charge in [0.2, 0.25) is 11.8 Å². The summed E-state index contributed by atoms with van der Waals surface area (Å²) in [7, 11) is 0. The summed E-state index contributed by atoms with van der Waals surface area (Å²) in [6, 6.07) is 17.5. The van der Waals surface area contributed by atoms with Gasteiger partial charge in [0.15, 0.2) is 0 Å². The highest BCUT2D eigenvalue weighted by Crippen LogP contribution is 2.16. The Kier molecular flexibility index (Phi) is 10.0. The smallest absolute Gasteiger partial charge is 0.224 e. The SMILES string of the molecule is O=C(CCC(=O)Nc1ccc(OCCc2ccccc2)cc1)NCCCN1CCOCC1. The van der Waals surface area contributed by atoms with Crippen LogP contribution in [-0.2, 0) is 20.7 Å². The first-order chi connectivity index (χ1) is 15.7. The Morgan fingerprint density at radius 1 is 0.938 bits per heavy atom. The average Bonchev–Trinajstić information content (AvgIpc) is 2.83. The third-order valence-corrected chi connectivity index (χ3v) is 5.30. The molecule has 172 valence electrons. The summed E-state index contributed by atoms with van der Waals surface area (Å²) in [5.41, 5.74) is 1.92. The monoisotopic (exact) mass is 439 g/mol. The molecule has 0 spiro atoms. The van der Waals surface area contributed by atoms with E-state index in [1.54, 1.807) is 0 Å². The molecule has 2 aromatic rings. The summed E-state index contributed by atoms with van der Waals surface area (Å²) in [4.78, 5) is 26.4. The van der Waals surface area contributed by atoms with Crippen LogP contribution < -0.4 is 15.4 Å². The molecule has 0 aromatic heterocycles. The zero-order valence-electron chi connectivity index (χ0n) is 18.6. The normalized spacial score (nSPS) is 14.0. The van der Waals surface area contributed by atoms with E-state index in [-0.39, 0.29) is 24.7 Å². The fourth-order valence-electron chi connectivity index (χ4n) is 3.46. The first-order valence-electron chi connectivity index (χ1n) is 11.3. The lowest BCUT2D eigenvalue weighted by molar-refractivity contribution is -0.124. The number of nitrogens with one attached hydrogen (secondary N) is 2. The third kappa shape index (κ3) is 9.08. The topological polar surface area (TPSA) is 79.9 Å². The van der Waals surface area contributed by atoms with Crippen LogP contribution in [0.3, 0.4) is 0 Å².